The fraction of sp³-hybridized carbons (Fsp3) is 0.389. The number of fused-ring (bicyclic) bond motifs is 1. The molecule has 1 saturated heterocycles. The fourth-order valence-corrected chi connectivity index (χ4v) is 3.67. The van der Waals surface area contributed by atoms with E-state index in [-0.39, 0.29) is 11.8 Å². The Labute approximate surface area is 136 Å². The summed E-state index contributed by atoms with van der Waals surface area (Å²) >= 11 is 0. The molecule has 4 heterocycles. The standard InChI is InChI=1S/C18H20N4O/c1-13-11-21(17-4-2-3-7-20-17)12-15(13)18(23)22-9-6-14-5-8-19-10-16(14)22/h2-5,7-8,10,13,15H,6,9,11-12H2,1H3/t13-,15-/m1/s1. The van der Waals surface area contributed by atoms with Gasteiger partial charge in [0.1, 0.15) is 5.82 Å². The van der Waals surface area contributed by atoms with Gasteiger partial charge < -0.3 is 9.80 Å². The number of rotatable bonds is 2. The molecule has 0 aromatic carbocycles. The molecule has 1 amide bonds. The maximum Gasteiger partial charge on any atom is 0.232 e. The van der Waals surface area contributed by atoms with Crippen LogP contribution in [0.5, 0.6) is 0 Å². The van der Waals surface area contributed by atoms with Crippen LogP contribution in [0, 0.1) is 11.8 Å². The summed E-state index contributed by atoms with van der Waals surface area (Å²) in [6.45, 7) is 4.54. The number of anilines is 2. The Balaban J connectivity index is 1.54. The quantitative estimate of drug-likeness (QED) is 0.853. The van der Waals surface area contributed by atoms with Crippen molar-refractivity contribution in [3.8, 4) is 0 Å². The van der Waals surface area contributed by atoms with Gasteiger partial charge in [-0.3, -0.25) is 9.78 Å². The topological polar surface area (TPSA) is 49.3 Å². The van der Waals surface area contributed by atoms with Gasteiger partial charge >= 0.3 is 0 Å². The van der Waals surface area contributed by atoms with E-state index >= 15 is 0 Å². The van der Waals surface area contributed by atoms with Gasteiger partial charge in [0.2, 0.25) is 5.91 Å². The molecule has 0 aliphatic carbocycles. The minimum absolute atomic E-state index is 0.0168. The third-order valence-electron chi connectivity index (χ3n) is 4.95. The van der Waals surface area contributed by atoms with Crippen LogP contribution in [0.3, 0.4) is 0 Å². The maximum absolute atomic E-state index is 13.0. The predicted octanol–water partition coefficient (Wildman–Crippen LogP) is 2.14. The van der Waals surface area contributed by atoms with Crippen LogP contribution < -0.4 is 9.80 Å². The molecule has 0 N–H and O–H groups in total. The van der Waals surface area contributed by atoms with E-state index in [1.54, 1.807) is 12.4 Å². The van der Waals surface area contributed by atoms with Crippen LogP contribution in [-0.4, -0.2) is 35.5 Å². The number of aromatic nitrogens is 2. The Kier molecular flexibility index (Phi) is 3.48. The minimum Gasteiger partial charge on any atom is -0.356 e. The Morgan fingerprint density at radius 2 is 2.13 bits per heavy atom. The first-order chi connectivity index (χ1) is 11.2. The van der Waals surface area contributed by atoms with Crippen molar-refractivity contribution in [2.24, 2.45) is 11.8 Å². The van der Waals surface area contributed by atoms with Gasteiger partial charge in [0.15, 0.2) is 0 Å². The highest BCUT2D eigenvalue weighted by Crippen LogP contribution is 2.33. The van der Waals surface area contributed by atoms with Crippen LogP contribution in [0.25, 0.3) is 0 Å². The van der Waals surface area contributed by atoms with Crippen molar-refractivity contribution in [2.75, 3.05) is 29.4 Å². The number of carbonyl (C=O) groups excluding carboxylic acids is 1. The zero-order valence-corrected chi connectivity index (χ0v) is 13.2. The van der Waals surface area contributed by atoms with Crippen LogP contribution >= 0.6 is 0 Å². The first-order valence-corrected chi connectivity index (χ1v) is 8.14. The lowest BCUT2D eigenvalue weighted by molar-refractivity contribution is -0.122. The van der Waals surface area contributed by atoms with E-state index in [0.29, 0.717) is 5.92 Å². The Morgan fingerprint density at radius 3 is 2.96 bits per heavy atom. The van der Waals surface area contributed by atoms with E-state index in [1.807, 2.05) is 35.4 Å². The highest BCUT2D eigenvalue weighted by Gasteiger charge is 2.39. The second-order valence-corrected chi connectivity index (χ2v) is 6.42. The maximum atomic E-state index is 13.0. The molecule has 2 aliphatic rings. The smallest absolute Gasteiger partial charge is 0.232 e. The van der Waals surface area contributed by atoms with Crippen LogP contribution in [0.4, 0.5) is 11.5 Å². The summed E-state index contributed by atoms with van der Waals surface area (Å²) < 4.78 is 0. The van der Waals surface area contributed by atoms with Gasteiger partial charge in [-0.25, -0.2) is 4.98 Å². The SMILES string of the molecule is C[C@@H]1CN(c2ccccn2)C[C@H]1C(=O)N1CCc2ccncc21. The lowest BCUT2D eigenvalue weighted by Crippen LogP contribution is -2.38. The molecule has 23 heavy (non-hydrogen) atoms. The van der Waals surface area contributed by atoms with Crippen molar-refractivity contribution in [3.63, 3.8) is 0 Å². The molecular formula is C18H20N4O. The molecule has 2 aliphatic heterocycles. The number of hydrogen-bond acceptors (Lipinski definition) is 4. The first-order valence-electron chi connectivity index (χ1n) is 8.14. The van der Waals surface area contributed by atoms with Crippen LogP contribution in [0.2, 0.25) is 0 Å². The third-order valence-corrected chi connectivity index (χ3v) is 4.95. The summed E-state index contributed by atoms with van der Waals surface area (Å²) in [6.07, 6.45) is 6.34. The van der Waals surface area contributed by atoms with Crippen molar-refractivity contribution < 1.29 is 4.79 Å². The molecule has 2 atom stereocenters. The predicted molar refractivity (Wildman–Crippen MR) is 89.4 cm³/mol. The van der Waals surface area contributed by atoms with Gasteiger partial charge in [-0.1, -0.05) is 13.0 Å². The molecule has 5 nitrogen and oxygen atoms in total. The largest absolute Gasteiger partial charge is 0.356 e. The number of hydrogen-bond donors (Lipinski definition) is 0. The van der Waals surface area contributed by atoms with Crippen LogP contribution in [0.15, 0.2) is 42.9 Å². The van der Waals surface area contributed by atoms with Crippen LogP contribution in [-0.2, 0) is 11.2 Å². The van der Waals surface area contributed by atoms with Crippen molar-refractivity contribution in [1.82, 2.24) is 9.97 Å². The highest BCUT2D eigenvalue weighted by molar-refractivity contribution is 5.97. The Morgan fingerprint density at radius 1 is 1.22 bits per heavy atom. The van der Waals surface area contributed by atoms with E-state index in [0.717, 1.165) is 37.6 Å². The molecular weight excluding hydrogens is 288 g/mol. The van der Waals surface area contributed by atoms with Crippen LogP contribution in [0.1, 0.15) is 12.5 Å². The second-order valence-electron chi connectivity index (χ2n) is 6.42. The van der Waals surface area contributed by atoms with Gasteiger partial charge in [-0.05, 0) is 36.1 Å². The molecule has 5 heteroatoms. The monoisotopic (exact) mass is 308 g/mol. The average molecular weight is 308 g/mol. The molecule has 2 aromatic rings. The zero-order valence-electron chi connectivity index (χ0n) is 13.2. The summed E-state index contributed by atoms with van der Waals surface area (Å²) in [6, 6.07) is 7.93. The molecule has 4 rings (SSSR count). The Bertz CT molecular complexity index is 718. The number of nitrogens with zero attached hydrogens (tertiary/aromatic N) is 4. The summed E-state index contributed by atoms with van der Waals surface area (Å²) in [5, 5.41) is 0. The van der Waals surface area contributed by atoms with Gasteiger partial charge in [-0.15, -0.1) is 0 Å². The minimum atomic E-state index is 0.0168. The molecule has 0 radical (unpaired) electrons. The summed E-state index contributed by atoms with van der Waals surface area (Å²) in [5.41, 5.74) is 2.21. The number of carbonyl (C=O) groups is 1. The van der Waals surface area contributed by atoms with Gasteiger partial charge in [0.25, 0.3) is 0 Å². The van der Waals surface area contributed by atoms with Gasteiger partial charge in [0, 0.05) is 32.0 Å². The number of amides is 1. The summed E-state index contributed by atoms with van der Waals surface area (Å²) in [4.78, 5) is 25.8. The molecule has 118 valence electrons. The molecule has 1 fully saturated rings. The lowest BCUT2D eigenvalue weighted by Gasteiger charge is -2.23. The second kappa shape index (κ2) is 5.65. The first kappa shape index (κ1) is 14.2. The van der Waals surface area contributed by atoms with Crippen molar-refractivity contribution in [3.05, 3.63) is 48.4 Å². The van der Waals surface area contributed by atoms with E-state index in [4.69, 9.17) is 0 Å². The normalized spacial score (nSPS) is 23.2. The van der Waals surface area contributed by atoms with Crippen molar-refractivity contribution in [2.45, 2.75) is 13.3 Å². The lowest BCUT2D eigenvalue weighted by atomic mass is 9.96. The number of pyridine rings is 2. The Hall–Kier alpha value is -2.43. The van der Waals surface area contributed by atoms with Crippen molar-refractivity contribution >= 4 is 17.4 Å². The summed E-state index contributed by atoms with van der Waals surface area (Å²) in [7, 11) is 0. The third kappa shape index (κ3) is 2.46. The van der Waals surface area contributed by atoms with Crippen molar-refractivity contribution in [1.29, 1.82) is 0 Å². The molecule has 0 unspecified atom stereocenters. The molecule has 0 bridgehead atoms. The summed E-state index contributed by atoms with van der Waals surface area (Å²) in [5.74, 6) is 1.52. The fourth-order valence-electron chi connectivity index (χ4n) is 3.67. The zero-order chi connectivity index (χ0) is 15.8. The highest BCUT2D eigenvalue weighted by atomic mass is 16.2. The van der Waals surface area contributed by atoms with E-state index in [9.17, 15) is 4.79 Å². The van der Waals surface area contributed by atoms with Gasteiger partial charge in [0.05, 0.1) is 17.8 Å². The van der Waals surface area contributed by atoms with E-state index in [1.165, 1.54) is 5.56 Å². The van der Waals surface area contributed by atoms with E-state index < -0.39 is 0 Å². The molecule has 0 saturated carbocycles. The molecule has 0 spiro atoms. The molecule has 2 aromatic heterocycles. The van der Waals surface area contributed by atoms with Gasteiger partial charge in [-0.2, -0.15) is 0 Å². The van der Waals surface area contributed by atoms with E-state index in [2.05, 4.69) is 21.8 Å². The average Bonchev–Trinajstić information content (AvgIpc) is 3.19.